The Hall–Kier alpha value is -1.09. The van der Waals surface area contributed by atoms with Gasteiger partial charge >= 0.3 is 0 Å². The summed E-state index contributed by atoms with van der Waals surface area (Å²) in [6, 6.07) is 9.90. The maximum absolute atomic E-state index is 12.4. The number of carbonyl (C=O) groups is 1. The van der Waals surface area contributed by atoms with Gasteiger partial charge in [-0.1, -0.05) is 18.9 Å². The number of hydrogen-bond acceptors (Lipinski definition) is 2. The highest BCUT2D eigenvalue weighted by Gasteiger charge is 2.27. The predicted octanol–water partition coefficient (Wildman–Crippen LogP) is 3.20. The van der Waals surface area contributed by atoms with E-state index in [0.29, 0.717) is 5.56 Å². The first kappa shape index (κ1) is 13.3. The lowest BCUT2D eigenvalue weighted by molar-refractivity contribution is 0.0709. The largest absolute Gasteiger partial charge is 0.322 e. The Balaban J connectivity index is 2.20. The molecule has 0 atom stereocenters. The molecule has 94 valence electrons. The fourth-order valence-corrected chi connectivity index (χ4v) is 2.99. The van der Waals surface area contributed by atoms with E-state index in [1.165, 1.54) is 0 Å². The molecule has 1 amide bonds. The van der Waals surface area contributed by atoms with E-state index >= 15 is 0 Å². The molecule has 1 aliphatic carbocycles. The number of hydrogen-bond donors (Lipinski definition) is 0. The van der Waals surface area contributed by atoms with Crippen LogP contribution in [0.25, 0.3) is 0 Å². The number of rotatable bonds is 3. The maximum Gasteiger partial charge on any atom is 0.254 e. The van der Waals surface area contributed by atoms with Crippen LogP contribution in [0.1, 0.15) is 36.0 Å². The van der Waals surface area contributed by atoms with Crippen LogP contribution in [0, 0.1) is 14.9 Å². The fraction of sp³-hybridized carbons (Fsp3) is 0.429. The van der Waals surface area contributed by atoms with Crippen molar-refractivity contribution >= 4 is 28.5 Å². The van der Waals surface area contributed by atoms with Crippen LogP contribution in [-0.2, 0) is 0 Å². The lowest BCUT2D eigenvalue weighted by Crippen LogP contribution is -2.39. The monoisotopic (exact) mass is 354 g/mol. The van der Waals surface area contributed by atoms with Gasteiger partial charge in [0.15, 0.2) is 0 Å². The molecule has 1 saturated carbocycles. The Morgan fingerprint density at radius 1 is 1.44 bits per heavy atom. The first-order valence-electron chi connectivity index (χ1n) is 6.16. The third kappa shape index (κ3) is 3.02. The van der Waals surface area contributed by atoms with Crippen molar-refractivity contribution in [3.63, 3.8) is 0 Å². The SMILES string of the molecule is N#CCN(C(=O)c1cccc(I)c1)C1CCCC1. The molecular weight excluding hydrogens is 339 g/mol. The average molecular weight is 354 g/mol. The van der Waals surface area contributed by atoms with Crippen LogP contribution in [0.15, 0.2) is 24.3 Å². The summed E-state index contributed by atoms with van der Waals surface area (Å²) in [5.74, 6) is -0.0121. The molecular formula is C14H15IN2O. The molecule has 0 unspecified atom stereocenters. The van der Waals surface area contributed by atoms with Gasteiger partial charge in [-0.3, -0.25) is 4.79 Å². The zero-order valence-corrected chi connectivity index (χ0v) is 12.3. The molecule has 0 spiro atoms. The van der Waals surface area contributed by atoms with Crippen LogP contribution in [0.3, 0.4) is 0 Å². The van der Waals surface area contributed by atoms with Crippen LogP contribution in [0.4, 0.5) is 0 Å². The minimum Gasteiger partial charge on any atom is -0.322 e. The van der Waals surface area contributed by atoms with Crippen molar-refractivity contribution in [1.82, 2.24) is 4.90 Å². The van der Waals surface area contributed by atoms with Gasteiger partial charge < -0.3 is 4.90 Å². The number of halogens is 1. The van der Waals surface area contributed by atoms with E-state index in [1.807, 2.05) is 24.3 Å². The van der Waals surface area contributed by atoms with E-state index in [9.17, 15) is 4.79 Å². The first-order valence-corrected chi connectivity index (χ1v) is 7.23. The van der Waals surface area contributed by atoms with Gasteiger partial charge in [0, 0.05) is 15.2 Å². The van der Waals surface area contributed by atoms with E-state index in [4.69, 9.17) is 5.26 Å². The maximum atomic E-state index is 12.4. The summed E-state index contributed by atoms with van der Waals surface area (Å²) in [5, 5.41) is 8.90. The van der Waals surface area contributed by atoms with Crippen molar-refractivity contribution in [2.75, 3.05) is 6.54 Å². The van der Waals surface area contributed by atoms with E-state index < -0.39 is 0 Å². The van der Waals surface area contributed by atoms with Crippen molar-refractivity contribution in [3.05, 3.63) is 33.4 Å². The highest BCUT2D eigenvalue weighted by molar-refractivity contribution is 14.1. The molecule has 1 aliphatic rings. The average Bonchev–Trinajstić information content (AvgIpc) is 2.89. The topological polar surface area (TPSA) is 44.1 Å². The Labute approximate surface area is 121 Å². The van der Waals surface area contributed by atoms with Crippen molar-refractivity contribution in [1.29, 1.82) is 5.26 Å². The van der Waals surface area contributed by atoms with Crippen LogP contribution in [0.5, 0.6) is 0 Å². The van der Waals surface area contributed by atoms with Gasteiger partial charge in [-0.15, -0.1) is 0 Å². The molecule has 0 heterocycles. The fourth-order valence-electron chi connectivity index (χ4n) is 2.45. The molecule has 0 aliphatic heterocycles. The summed E-state index contributed by atoms with van der Waals surface area (Å²) in [4.78, 5) is 14.2. The Kier molecular flexibility index (Phi) is 4.59. The molecule has 0 saturated heterocycles. The highest BCUT2D eigenvalue weighted by atomic mass is 127. The molecule has 1 aromatic rings. The second kappa shape index (κ2) is 6.19. The summed E-state index contributed by atoms with van der Waals surface area (Å²) >= 11 is 2.20. The molecule has 3 nitrogen and oxygen atoms in total. The van der Waals surface area contributed by atoms with E-state index in [2.05, 4.69) is 28.7 Å². The van der Waals surface area contributed by atoms with Crippen LogP contribution in [-0.4, -0.2) is 23.4 Å². The van der Waals surface area contributed by atoms with Crippen LogP contribution < -0.4 is 0 Å². The van der Waals surface area contributed by atoms with Crippen LogP contribution >= 0.6 is 22.6 Å². The summed E-state index contributed by atoms with van der Waals surface area (Å²) in [5.41, 5.74) is 0.684. The minimum atomic E-state index is -0.0121. The standard InChI is InChI=1S/C14H15IN2O/c15-12-5-3-4-11(10-12)14(18)17(9-8-16)13-6-1-2-7-13/h3-5,10,13H,1-2,6-7,9H2. The molecule has 2 rings (SSSR count). The molecule has 4 heteroatoms. The molecule has 18 heavy (non-hydrogen) atoms. The van der Waals surface area contributed by atoms with Crippen molar-refractivity contribution in [2.45, 2.75) is 31.7 Å². The normalized spacial score (nSPS) is 15.3. The van der Waals surface area contributed by atoms with Crippen LogP contribution in [0.2, 0.25) is 0 Å². The third-order valence-corrected chi connectivity index (χ3v) is 4.01. The number of amides is 1. The lowest BCUT2D eigenvalue weighted by atomic mass is 10.1. The number of nitrogens with zero attached hydrogens (tertiary/aromatic N) is 2. The molecule has 0 aromatic heterocycles. The molecule has 1 aromatic carbocycles. The molecule has 1 fully saturated rings. The summed E-state index contributed by atoms with van der Waals surface area (Å²) in [6.45, 7) is 0.189. The van der Waals surface area contributed by atoms with Gasteiger partial charge in [-0.2, -0.15) is 5.26 Å². The Morgan fingerprint density at radius 2 is 2.17 bits per heavy atom. The van der Waals surface area contributed by atoms with Gasteiger partial charge in [0.2, 0.25) is 0 Å². The zero-order chi connectivity index (χ0) is 13.0. The number of nitriles is 1. The predicted molar refractivity (Wildman–Crippen MR) is 78.1 cm³/mol. The Bertz CT molecular complexity index is 475. The van der Waals surface area contributed by atoms with Gasteiger partial charge in [-0.25, -0.2) is 0 Å². The van der Waals surface area contributed by atoms with Crippen molar-refractivity contribution < 1.29 is 4.79 Å². The first-order chi connectivity index (χ1) is 8.72. The molecule has 0 radical (unpaired) electrons. The summed E-state index contributed by atoms with van der Waals surface area (Å²) in [6.07, 6.45) is 4.37. The van der Waals surface area contributed by atoms with Crippen molar-refractivity contribution in [3.8, 4) is 6.07 Å². The van der Waals surface area contributed by atoms with E-state index in [0.717, 1.165) is 29.3 Å². The quantitative estimate of drug-likeness (QED) is 0.618. The van der Waals surface area contributed by atoms with Gasteiger partial charge in [0.1, 0.15) is 6.54 Å². The second-order valence-electron chi connectivity index (χ2n) is 4.54. The van der Waals surface area contributed by atoms with E-state index in [1.54, 1.807) is 4.90 Å². The summed E-state index contributed by atoms with van der Waals surface area (Å²) < 4.78 is 1.04. The summed E-state index contributed by atoms with van der Waals surface area (Å²) in [7, 11) is 0. The third-order valence-electron chi connectivity index (χ3n) is 3.34. The second-order valence-corrected chi connectivity index (χ2v) is 5.79. The number of carbonyl (C=O) groups excluding carboxylic acids is 1. The van der Waals surface area contributed by atoms with Gasteiger partial charge in [-0.05, 0) is 53.6 Å². The number of benzene rings is 1. The van der Waals surface area contributed by atoms with Gasteiger partial charge in [0.25, 0.3) is 5.91 Å². The highest BCUT2D eigenvalue weighted by Crippen LogP contribution is 2.25. The molecule has 0 bridgehead atoms. The van der Waals surface area contributed by atoms with E-state index in [-0.39, 0.29) is 18.5 Å². The molecule has 0 N–H and O–H groups in total. The minimum absolute atomic E-state index is 0.0121. The van der Waals surface area contributed by atoms with Crippen molar-refractivity contribution in [2.24, 2.45) is 0 Å². The Morgan fingerprint density at radius 3 is 2.78 bits per heavy atom. The lowest BCUT2D eigenvalue weighted by Gasteiger charge is -2.26. The zero-order valence-electron chi connectivity index (χ0n) is 10.1. The van der Waals surface area contributed by atoms with Gasteiger partial charge in [0.05, 0.1) is 6.07 Å². The smallest absolute Gasteiger partial charge is 0.254 e.